The van der Waals surface area contributed by atoms with E-state index >= 15 is 0 Å². The van der Waals surface area contributed by atoms with Gasteiger partial charge in [0.2, 0.25) is 0 Å². The van der Waals surface area contributed by atoms with Gasteiger partial charge in [0.25, 0.3) is 15.9 Å². The van der Waals surface area contributed by atoms with Crippen molar-refractivity contribution in [1.29, 1.82) is 0 Å². The number of sulfonamides is 1. The fraction of sp³-hybridized carbons (Fsp3) is 0.143. The standard InChI is InChI=1S/C14H13N3O3S/c1-15-13-8-10(6-7-16-13)9-17-14(18)11-4-2-3-5-12(11)21(17,19)20/h2-8H,9H2,1H3,(H,15,16). The average Bonchev–Trinajstić information content (AvgIpc) is 2.69. The molecule has 21 heavy (non-hydrogen) atoms. The molecule has 1 aromatic carbocycles. The molecule has 0 atom stereocenters. The van der Waals surface area contributed by atoms with Crippen LogP contribution in [0.2, 0.25) is 0 Å². The number of benzene rings is 1. The second-order valence-corrected chi connectivity index (χ2v) is 6.44. The smallest absolute Gasteiger partial charge is 0.269 e. The third-order valence-electron chi connectivity index (χ3n) is 3.32. The number of anilines is 1. The second kappa shape index (κ2) is 4.85. The Hall–Kier alpha value is -2.41. The quantitative estimate of drug-likeness (QED) is 0.929. The van der Waals surface area contributed by atoms with E-state index in [1.165, 1.54) is 12.1 Å². The summed E-state index contributed by atoms with van der Waals surface area (Å²) in [7, 11) is -2.05. The molecule has 6 nitrogen and oxygen atoms in total. The lowest BCUT2D eigenvalue weighted by atomic mass is 10.2. The van der Waals surface area contributed by atoms with Crippen molar-refractivity contribution in [2.75, 3.05) is 12.4 Å². The van der Waals surface area contributed by atoms with E-state index in [4.69, 9.17) is 0 Å². The predicted molar refractivity (Wildman–Crippen MR) is 77.3 cm³/mol. The van der Waals surface area contributed by atoms with Crippen LogP contribution >= 0.6 is 0 Å². The van der Waals surface area contributed by atoms with Crippen molar-refractivity contribution in [3.63, 3.8) is 0 Å². The highest BCUT2D eigenvalue weighted by molar-refractivity contribution is 7.90. The van der Waals surface area contributed by atoms with Crippen LogP contribution in [0.3, 0.4) is 0 Å². The largest absolute Gasteiger partial charge is 0.373 e. The Bertz CT molecular complexity index is 818. The molecule has 0 bridgehead atoms. The number of hydrogen-bond donors (Lipinski definition) is 1. The van der Waals surface area contributed by atoms with Gasteiger partial charge in [-0.05, 0) is 29.8 Å². The summed E-state index contributed by atoms with van der Waals surface area (Å²) < 4.78 is 25.7. The topological polar surface area (TPSA) is 79.4 Å². The number of nitrogens with zero attached hydrogens (tertiary/aromatic N) is 2. The molecule has 0 saturated heterocycles. The molecule has 0 aliphatic carbocycles. The van der Waals surface area contributed by atoms with Gasteiger partial charge in [-0.25, -0.2) is 17.7 Å². The van der Waals surface area contributed by atoms with E-state index in [2.05, 4.69) is 10.3 Å². The van der Waals surface area contributed by atoms with Crippen LogP contribution in [0.5, 0.6) is 0 Å². The molecule has 1 N–H and O–H groups in total. The molecule has 3 rings (SSSR count). The predicted octanol–water partition coefficient (Wildman–Crippen LogP) is 1.47. The van der Waals surface area contributed by atoms with Crippen molar-refractivity contribution < 1.29 is 13.2 Å². The number of carbonyl (C=O) groups is 1. The summed E-state index contributed by atoms with van der Waals surface area (Å²) in [6, 6.07) is 9.65. The van der Waals surface area contributed by atoms with Gasteiger partial charge in [0.15, 0.2) is 0 Å². The molecule has 2 aromatic rings. The zero-order valence-corrected chi connectivity index (χ0v) is 12.1. The molecule has 0 spiro atoms. The summed E-state index contributed by atoms with van der Waals surface area (Å²) in [6.07, 6.45) is 1.57. The fourth-order valence-electron chi connectivity index (χ4n) is 2.26. The molecule has 1 amide bonds. The summed E-state index contributed by atoms with van der Waals surface area (Å²) in [4.78, 5) is 16.4. The van der Waals surface area contributed by atoms with E-state index < -0.39 is 15.9 Å². The van der Waals surface area contributed by atoms with Crippen molar-refractivity contribution >= 4 is 21.7 Å². The van der Waals surface area contributed by atoms with E-state index in [0.717, 1.165) is 4.31 Å². The Morgan fingerprint density at radius 1 is 1.24 bits per heavy atom. The normalized spacial score (nSPS) is 15.9. The molecule has 0 saturated carbocycles. The second-order valence-electron chi connectivity index (χ2n) is 4.61. The molecule has 108 valence electrons. The molecule has 1 aliphatic rings. The van der Waals surface area contributed by atoms with E-state index in [1.807, 2.05) is 0 Å². The minimum atomic E-state index is -3.77. The number of aromatic nitrogens is 1. The van der Waals surface area contributed by atoms with Gasteiger partial charge in [-0.1, -0.05) is 12.1 Å². The van der Waals surface area contributed by atoms with E-state index in [-0.39, 0.29) is 17.0 Å². The van der Waals surface area contributed by atoms with Crippen molar-refractivity contribution in [1.82, 2.24) is 9.29 Å². The Balaban J connectivity index is 1.99. The summed E-state index contributed by atoms with van der Waals surface area (Å²) in [5, 5.41) is 2.88. The molecular formula is C14H13N3O3S. The number of pyridine rings is 1. The fourth-order valence-corrected chi connectivity index (χ4v) is 3.82. The molecule has 2 heterocycles. The SMILES string of the molecule is CNc1cc(CN2C(=O)c3ccccc3S2(=O)=O)ccn1. The van der Waals surface area contributed by atoms with Gasteiger partial charge in [-0.3, -0.25) is 4.79 Å². The highest BCUT2D eigenvalue weighted by atomic mass is 32.2. The number of amides is 1. The van der Waals surface area contributed by atoms with Crippen LogP contribution in [-0.2, 0) is 16.6 Å². The van der Waals surface area contributed by atoms with Gasteiger partial charge in [0, 0.05) is 13.2 Å². The van der Waals surface area contributed by atoms with Crippen LogP contribution < -0.4 is 5.32 Å². The minimum Gasteiger partial charge on any atom is -0.373 e. The Morgan fingerprint density at radius 3 is 2.71 bits per heavy atom. The van der Waals surface area contributed by atoms with E-state index in [1.54, 1.807) is 37.5 Å². The van der Waals surface area contributed by atoms with Gasteiger partial charge in [-0.15, -0.1) is 0 Å². The van der Waals surface area contributed by atoms with Crippen LogP contribution in [0.25, 0.3) is 0 Å². The molecule has 1 aliphatic heterocycles. The van der Waals surface area contributed by atoms with E-state index in [9.17, 15) is 13.2 Å². The number of fused-ring (bicyclic) bond motifs is 1. The molecule has 0 radical (unpaired) electrons. The van der Waals surface area contributed by atoms with Crippen LogP contribution in [0.15, 0.2) is 47.5 Å². The molecule has 1 aromatic heterocycles. The maximum atomic E-state index is 12.4. The molecule has 7 heteroatoms. The minimum absolute atomic E-state index is 0.00690. The zero-order valence-electron chi connectivity index (χ0n) is 11.3. The van der Waals surface area contributed by atoms with Gasteiger partial charge in [0.1, 0.15) is 10.7 Å². The number of rotatable bonds is 3. The average molecular weight is 303 g/mol. The first-order valence-electron chi connectivity index (χ1n) is 6.33. The van der Waals surface area contributed by atoms with Crippen molar-refractivity contribution in [2.45, 2.75) is 11.4 Å². The van der Waals surface area contributed by atoms with Crippen molar-refractivity contribution in [3.05, 3.63) is 53.7 Å². The zero-order chi connectivity index (χ0) is 15.0. The summed E-state index contributed by atoms with van der Waals surface area (Å²) in [6.45, 7) is -0.00690. The summed E-state index contributed by atoms with van der Waals surface area (Å²) in [5.74, 6) is 0.127. The van der Waals surface area contributed by atoms with E-state index in [0.29, 0.717) is 11.4 Å². The van der Waals surface area contributed by atoms with Crippen molar-refractivity contribution in [2.24, 2.45) is 0 Å². The highest BCUT2D eigenvalue weighted by Crippen LogP contribution is 2.31. The van der Waals surface area contributed by atoms with Crippen LogP contribution in [-0.4, -0.2) is 30.7 Å². The lowest BCUT2D eigenvalue weighted by Gasteiger charge is -2.15. The molecular weight excluding hydrogens is 290 g/mol. The monoisotopic (exact) mass is 303 g/mol. The summed E-state index contributed by atoms with van der Waals surface area (Å²) in [5.41, 5.74) is 0.916. The van der Waals surface area contributed by atoms with Gasteiger partial charge < -0.3 is 5.32 Å². The first kappa shape index (κ1) is 13.6. The number of nitrogens with one attached hydrogen (secondary N) is 1. The van der Waals surface area contributed by atoms with Gasteiger partial charge >= 0.3 is 0 Å². The van der Waals surface area contributed by atoms with Crippen molar-refractivity contribution in [3.8, 4) is 0 Å². The third kappa shape index (κ3) is 2.15. The van der Waals surface area contributed by atoms with Crippen LogP contribution in [0.4, 0.5) is 5.82 Å². The molecule has 0 unspecified atom stereocenters. The van der Waals surface area contributed by atoms with Crippen LogP contribution in [0.1, 0.15) is 15.9 Å². The maximum absolute atomic E-state index is 12.4. The lowest BCUT2D eigenvalue weighted by Crippen LogP contribution is -2.29. The lowest BCUT2D eigenvalue weighted by molar-refractivity contribution is 0.0865. The number of hydrogen-bond acceptors (Lipinski definition) is 5. The Labute approximate surface area is 122 Å². The Morgan fingerprint density at radius 2 is 2.00 bits per heavy atom. The Kier molecular flexibility index (Phi) is 3.13. The third-order valence-corrected chi connectivity index (χ3v) is 5.11. The first-order valence-corrected chi connectivity index (χ1v) is 7.77. The highest BCUT2D eigenvalue weighted by Gasteiger charge is 2.40. The maximum Gasteiger partial charge on any atom is 0.269 e. The van der Waals surface area contributed by atoms with Gasteiger partial charge in [-0.2, -0.15) is 0 Å². The van der Waals surface area contributed by atoms with Gasteiger partial charge in [0.05, 0.1) is 12.1 Å². The summed E-state index contributed by atoms with van der Waals surface area (Å²) >= 11 is 0. The number of carbonyl (C=O) groups excluding carboxylic acids is 1. The molecule has 0 fully saturated rings. The first-order chi connectivity index (χ1) is 10.0. The van der Waals surface area contributed by atoms with Crippen LogP contribution in [0, 0.1) is 0 Å².